The minimum atomic E-state index is -0.310. The van der Waals surface area contributed by atoms with Gasteiger partial charge in [0.15, 0.2) is 0 Å². The van der Waals surface area contributed by atoms with E-state index in [1.54, 1.807) is 7.11 Å². The van der Waals surface area contributed by atoms with Crippen LogP contribution in [-0.2, 0) is 14.3 Å². The van der Waals surface area contributed by atoms with Gasteiger partial charge >= 0.3 is 0 Å². The van der Waals surface area contributed by atoms with Crippen LogP contribution in [0.25, 0.3) is 0 Å². The fraction of sp³-hybridized carbons (Fsp3) is 0.818. The normalized spacial score (nSPS) is 34.4. The molecule has 5 heteroatoms. The zero-order chi connectivity index (χ0) is 11.7. The van der Waals surface area contributed by atoms with Crippen molar-refractivity contribution in [2.45, 2.75) is 44.4 Å². The van der Waals surface area contributed by atoms with Crippen molar-refractivity contribution in [2.75, 3.05) is 13.7 Å². The molecule has 2 amide bonds. The molecule has 1 heterocycles. The molecule has 2 rings (SSSR count). The second kappa shape index (κ2) is 4.51. The highest BCUT2D eigenvalue weighted by atomic mass is 16.5. The lowest BCUT2D eigenvalue weighted by Gasteiger charge is -2.36. The van der Waals surface area contributed by atoms with Crippen LogP contribution in [0.15, 0.2) is 0 Å². The van der Waals surface area contributed by atoms with Gasteiger partial charge in [-0.2, -0.15) is 0 Å². The maximum atomic E-state index is 11.8. The number of amides is 2. The van der Waals surface area contributed by atoms with E-state index >= 15 is 0 Å². The number of carbonyl (C=O) groups excluding carboxylic acids is 2. The van der Waals surface area contributed by atoms with Crippen molar-refractivity contribution in [2.24, 2.45) is 0 Å². The molecular weight excluding hydrogens is 208 g/mol. The fourth-order valence-corrected chi connectivity index (χ4v) is 2.32. The van der Waals surface area contributed by atoms with Gasteiger partial charge in [-0.25, -0.2) is 0 Å². The number of likely N-dealkylation sites (N-methyl/N-ethyl adjacent to an activating group) is 1. The van der Waals surface area contributed by atoms with E-state index in [2.05, 4.69) is 5.32 Å². The Balaban J connectivity index is 1.84. The molecule has 1 saturated carbocycles. The number of hydrogen-bond acceptors (Lipinski definition) is 4. The predicted octanol–water partition coefficient (Wildman–Crippen LogP) is -0.0992. The van der Waals surface area contributed by atoms with Gasteiger partial charge in [0, 0.05) is 19.7 Å². The van der Waals surface area contributed by atoms with Gasteiger partial charge in [-0.05, 0) is 19.8 Å². The highest BCUT2D eigenvalue weighted by Crippen LogP contribution is 2.24. The lowest BCUT2D eigenvalue weighted by atomic mass is 9.88. The summed E-state index contributed by atoms with van der Waals surface area (Å²) in [6, 6.07) is 0.0127. The maximum absolute atomic E-state index is 11.8. The lowest BCUT2D eigenvalue weighted by molar-refractivity contribution is -0.138. The number of hydrogen-bond donors (Lipinski definition) is 1. The summed E-state index contributed by atoms with van der Waals surface area (Å²) in [7, 11) is 1.70. The van der Waals surface area contributed by atoms with Crippen LogP contribution >= 0.6 is 0 Å². The summed E-state index contributed by atoms with van der Waals surface area (Å²) >= 11 is 0. The van der Waals surface area contributed by atoms with E-state index in [0.717, 1.165) is 12.8 Å². The molecule has 2 aliphatic rings. The molecular formula is C11H18N2O3. The third-order valence-corrected chi connectivity index (χ3v) is 3.43. The minimum Gasteiger partial charge on any atom is -0.381 e. The summed E-state index contributed by atoms with van der Waals surface area (Å²) in [5.41, 5.74) is 0. The number of imide groups is 1. The van der Waals surface area contributed by atoms with Crippen molar-refractivity contribution in [3.05, 3.63) is 0 Å². The molecule has 0 aromatic carbocycles. The number of ether oxygens (including phenoxy) is 1. The van der Waals surface area contributed by atoms with E-state index in [4.69, 9.17) is 4.74 Å². The van der Waals surface area contributed by atoms with Crippen LogP contribution < -0.4 is 5.32 Å². The van der Waals surface area contributed by atoms with Gasteiger partial charge in [-0.3, -0.25) is 14.5 Å². The molecule has 1 atom stereocenters. The Bertz CT molecular complexity index is 300. The van der Waals surface area contributed by atoms with Crippen molar-refractivity contribution in [1.82, 2.24) is 10.2 Å². The van der Waals surface area contributed by atoms with E-state index < -0.39 is 0 Å². The zero-order valence-electron chi connectivity index (χ0n) is 9.73. The van der Waals surface area contributed by atoms with E-state index in [9.17, 15) is 9.59 Å². The van der Waals surface area contributed by atoms with E-state index in [-0.39, 0.29) is 17.9 Å². The number of rotatable bonds is 4. The molecule has 2 fully saturated rings. The topological polar surface area (TPSA) is 58.6 Å². The van der Waals surface area contributed by atoms with Gasteiger partial charge in [-0.15, -0.1) is 0 Å². The first-order chi connectivity index (χ1) is 7.65. The smallest absolute Gasteiger partial charge is 0.246 e. The first-order valence-electron chi connectivity index (χ1n) is 5.78. The summed E-state index contributed by atoms with van der Waals surface area (Å²) in [4.78, 5) is 24.6. The molecule has 1 aliphatic heterocycles. The number of nitrogens with one attached hydrogen (secondary N) is 1. The van der Waals surface area contributed by atoms with Crippen LogP contribution in [0.2, 0.25) is 0 Å². The molecule has 0 bridgehead atoms. The molecule has 16 heavy (non-hydrogen) atoms. The Morgan fingerprint density at radius 3 is 2.62 bits per heavy atom. The molecule has 0 radical (unpaired) electrons. The van der Waals surface area contributed by atoms with Crippen molar-refractivity contribution >= 4 is 11.8 Å². The molecule has 0 aromatic rings. The quantitative estimate of drug-likeness (QED) is 0.680. The fourth-order valence-electron chi connectivity index (χ4n) is 2.32. The Morgan fingerprint density at radius 2 is 2.12 bits per heavy atom. The predicted molar refractivity (Wildman–Crippen MR) is 57.8 cm³/mol. The Labute approximate surface area is 95.1 Å². The zero-order valence-corrected chi connectivity index (χ0v) is 9.73. The van der Waals surface area contributed by atoms with Gasteiger partial charge in [0.1, 0.15) is 0 Å². The Morgan fingerprint density at radius 1 is 1.44 bits per heavy atom. The summed E-state index contributed by atoms with van der Waals surface area (Å²) in [5.74, 6) is -0.138. The van der Waals surface area contributed by atoms with Crippen molar-refractivity contribution in [3.63, 3.8) is 0 Å². The standard InChI is InChI=1S/C11H18N2O3/c1-3-13-10(14)6-9(11(13)15)12-7-4-8(5-7)16-2/h7-9,12H,3-6H2,1-2H3. The van der Waals surface area contributed by atoms with E-state index in [1.165, 1.54) is 4.90 Å². The summed E-state index contributed by atoms with van der Waals surface area (Å²) in [5, 5.41) is 3.23. The first-order valence-corrected chi connectivity index (χ1v) is 5.78. The Kier molecular flexibility index (Phi) is 3.25. The van der Waals surface area contributed by atoms with Gasteiger partial charge in [0.2, 0.25) is 11.8 Å². The Hall–Kier alpha value is -0.940. The lowest BCUT2D eigenvalue weighted by Crippen LogP contribution is -2.51. The monoisotopic (exact) mass is 226 g/mol. The highest BCUT2D eigenvalue weighted by Gasteiger charge is 2.40. The molecule has 1 unspecified atom stereocenters. The summed E-state index contributed by atoms with van der Waals surface area (Å²) < 4.78 is 5.17. The van der Waals surface area contributed by atoms with Crippen LogP contribution in [0.1, 0.15) is 26.2 Å². The van der Waals surface area contributed by atoms with E-state index in [0.29, 0.717) is 25.1 Å². The highest BCUT2D eigenvalue weighted by molar-refractivity contribution is 6.05. The third kappa shape index (κ3) is 1.97. The van der Waals surface area contributed by atoms with Crippen molar-refractivity contribution < 1.29 is 14.3 Å². The van der Waals surface area contributed by atoms with E-state index in [1.807, 2.05) is 6.92 Å². The molecule has 0 spiro atoms. The second-order valence-corrected chi connectivity index (χ2v) is 4.43. The summed E-state index contributed by atoms with van der Waals surface area (Å²) in [6.45, 7) is 2.30. The van der Waals surface area contributed by atoms with Gasteiger partial charge in [0.05, 0.1) is 18.6 Å². The molecule has 5 nitrogen and oxygen atoms in total. The van der Waals surface area contributed by atoms with Crippen LogP contribution in [0, 0.1) is 0 Å². The third-order valence-electron chi connectivity index (χ3n) is 3.43. The first kappa shape index (κ1) is 11.5. The molecule has 1 N–H and O–H groups in total. The molecule has 0 aromatic heterocycles. The number of nitrogens with zero attached hydrogens (tertiary/aromatic N) is 1. The van der Waals surface area contributed by atoms with Crippen LogP contribution in [0.4, 0.5) is 0 Å². The van der Waals surface area contributed by atoms with Gasteiger partial charge in [0.25, 0.3) is 0 Å². The average Bonchev–Trinajstić information content (AvgIpc) is 2.47. The van der Waals surface area contributed by atoms with Gasteiger partial charge in [-0.1, -0.05) is 0 Å². The SMILES string of the molecule is CCN1C(=O)CC(NC2CC(OC)C2)C1=O. The summed E-state index contributed by atoms with van der Waals surface area (Å²) in [6.07, 6.45) is 2.48. The number of likely N-dealkylation sites (tertiary alicyclic amines) is 1. The minimum absolute atomic E-state index is 0.0624. The average molecular weight is 226 g/mol. The molecule has 1 aliphatic carbocycles. The van der Waals surface area contributed by atoms with Crippen LogP contribution in [0.5, 0.6) is 0 Å². The van der Waals surface area contributed by atoms with Crippen molar-refractivity contribution in [1.29, 1.82) is 0 Å². The van der Waals surface area contributed by atoms with Crippen LogP contribution in [-0.4, -0.2) is 48.6 Å². The van der Waals surface area contributed by atoms with Crippen molar-refractivity contribution in [3.8, 4) is 0 Å². The molecule has 1 saturated heterocycles. The number of carbonyl (C=O) groups is 2. The maximum Gasteiger partial charge on any atom is 0.246 e. The van der Waals surface area contributed by atoms with Gasteiger partial charge < -0.3 is 10.1 Å². The number of methoxy groups -OCH3 is 1. The molecule has 90 valence electrons. The van der Waals surface area contributed by atoms with Crippen LogP contribution in [0.3, 0.4) is 0 Å². The largest absolute Gasteiger partial charge is 0.381 e. The second-order valence-electron chi connectivity index (χ2n) is 4.43.